The van der Waals surface area contributed by atoms with Crippen LogP contribution in [0.2, 0.25) is 0 Å². The van der Waals surface area contributed by atoms with Gasteiger partial charge in [-0.05, 0) is 30.2 Å². The van der Waals surface area contributed by atoms with Gasteiger partial charge in [-0.2, -0.15) is 0 Å². The molecule has 8 nitrogen and oxygen atoms in total. The van der Waals surface area contributed by atoms with Crippen LogP contribution in [0.3, 0.4) is 0 Å². The van der Waals surface area contributed by atoms with Gasteiger partial charge < -0.3 is 24.5 Å². The molecule has 158 valence electrons. The SMILES string of the molecule is CC(C)COCC(O)CN1CCN(c2ccc(NC(=O)c3ccco3)cn2)CC1. The molecular weight excluding hydrogens is 372 g/mol. The minimum absolute atomic E-state index is 0.266. The molecule has 0 aromatic carbocycles. The molecule has 1 unspecified atom stereocenters. The molecule has 3 rings (SSSR count). The molecule has 1 aliphatic heterocycles. The zero-order chi connectivity index (χ0) is 20.6. The van der Waals surface area contributed by atoms with Gasteiger partial charge in [-0.3, -0.25) is 9.69 Å². The Hall–Kier alpha value is -2.42. The highest BCUT2D eigenvalue weighted by Crippen LogP contribution is 2.17. The van der Waals surface area contributed by atoms with Crippen molar-refractivity contribution in [3.8, 4) is 0 Å². The molecule has 3 heterocycles. The van der Waals surface area contributed by atoms with Gasteiger partial charge in [-0.15, -0.1) is 0 Å². The summed E-state index contributed by atoms with van der Waals surface area (Å²) in [5.74, 6) is 1.32. The van der Waals surface area contributed by atoms with E-state index in [1.807, 2.05) is 12.1 Å². The van der Waals surface area contributed by atoms with Gasteiger partial charge in [-0.25, -0.2) is 4.98 Å². The Morgan fingerprint density at radius 1 is 1.24 bits per heavy atom. The van der Waals surface area contributed by atoms with Gasteiger partial charge in [0, 0.05) is 39.3 Å². The summed E-state index contributed by atoms with van der Waals surface area (Å²) in [5.41, 5.74) is 0.623. The number of aliphatic hydroxyl groups is 1. The van der Waals surface area contributed by atoms with Crippen molar-refractivity contribution in [2.45, 2.75) is 20.0 Å². The van der Waals surface area contributed by atoms with Crippen LogP contribution in [0.25, 0.3) is 0 Å². The van der Waals surface area contributed by atoms with Gasteiger partial charge in [0.25, 0.3) is 5.91 Å². The molecule has 0 aliphatic carbocycles. The van der Waals surface area contributed by atoms with Crippen LogP contribution in [0.1, 0.15) is 24.4 Å². The fourth-order valence-electron chi connectivity index (χ4n) is 3.20. The predicted octanol–water partition coefficient (Wildman–Crippen LogP) is 2.08. The summed E-state index contributed by atoms with van der Waals surface area (Å²) in [6.07, 6.45) is 2.65. The molecule has 1 amide bonds. The Morgan fingerprint density at radius 3 is 2.66 bits per heavy atom. The quantitative estimate of drug-likeness (QED) is 0.664. The molecule has 2 aromatic heterocycles. The first-order valence-electron chi connectivity index (χ1n) is 10.1. The van der Waals surface area contributed by atoms with Gasteiger partial charge in [-0.1, -0.05) is 13.8 Å². The Morgan fingerprint density at radius 2 is 2.03 bits per heavy atom. The Kier molecular flexibility index (Phi) is 7.62. The second-order valence-corrected chi connectivity index (χ2v) is 7.71. The molecular formula is C21H30N4O4. The number of nitrogens with zero attached hydrogens (tertiary/aromatic N) is 3. The molecule has 0 radical (unpaired) electrons. The highest BCUT2D eigenvalue weighted by molar-refractivity contribution is 6.02. The summed E-state index contributed by atoms with van der Waals surface area (Å²) in [4.78, 5) is 20.9. The molecule has 2 N–H and O–H groups in total. The normalized spacial score (nSPS) is 16.2. The van der Waals surface area contributed by atoms with Crippen molar-refractivity contribution in [1.29, 1.82) is 0 Å². The predicted molar refractivity (Wildman–Crippen MR) is 111 cm³/mol. The lowest BCUT2D eigenvalue weighted by molar-refractivity contribution is 0.00745. The summed E-state index contributed by atoms with van der Waals surface area (Å²) in [5, 5.41) is 12.9. The second-order valence-electron chi connectivity index (χ2n) is 7.71. The zero-order valence-electron chi connectivity index (χ0n) is 17.1. The Bertz CT molecular complexity index is 741. The fourth-order valence-corrected chi connectivity index (χ4v) is 3.20. The molecule has 1 fully saturated rings. The molecule has 0 saturated carbocycles. The third kappa shape index (κ3) is 6.56. The van der Waals surface area contributed by atoms with E-state index in [0.29, 0.717) is 31.4 Å². The molecule has 0 bridgehead atoms. The maximum absolute atomic E-state index is 12.0. The zero-order valence-corrected chi connectivity index (χ0v) is 17.1. The first kappa shape index (κ1) is 21.3. The number of hydrogen-bond acceptors (Lipinski definition) is 7. The van der Waals surface area contributed by atoms with Crippen molar-refractivity contribution in [2.75, 3.05) is 56.2 Å². The van der Waals surface area contributed by atoms with E-state index in [0.717, 1.165) is 32.0 Å². The highest BCUT2D eigenvalue weighted by Gasteiger charge is 2.20. The fraction of sp³-hybridized carbons (Fsp3) is 0.524. The number of carbonyl (C=O) groups is 1. The minimum Gasteiger partial charge on any atom is -0.459 e. The molecule has 1 aliphatic rings. The van der Waals surface area contributed by atoms with Gasteiger partial charge in [0.2, 0.25) is 0 Å². The van der Waals surface area contributed by atoms with Crippen molar-refractivity contribution in [1.82, 2.24) is 9.88 Å². The average Bonchev–Trinajstić information content (AvgIpc) is 3.24. The van der Waals surface area contributed by atoms with Crippen LogP contribution in [-0.2, 0) is 4.74 Å². The Balaban J connectivity index is 1.42. The van der Waals surface area contributed by atoms with Crippen LogP contribution >= 0.6 is 0 Å². The van der Waals surface area contributed by atoms with Crippen LogP contribution < -0.4 is 10.2 Å². The van der Waals surface area contributed by atoms with Gasteiger partial charge >= 0.3 is 0 Å². The van der Waals surface area contributed by atoms with E-state index in [1.165, 1.54) is 6.26 Å². The standard InChI is InChI=1S/C21H30N4O4/c1-16(2)14-28-15-18(26)13-24-7-9-25(10-8-24)20-6-5-17(12-22-20)23-21(27)19-4-3-11-29-19/h3-6,11-12,16,18,26H,7-10,13-15H2,1-2H3,(H,23,27). The maximum Gasteiger partial charge on any atom is 0.291 e. The topological polar surface area (TPSA) is 91.1 Å². The number of anilines is 2. The number of carbonyl (C=O) groups excluding carboxylic acids is 1. The number of piperazine rings is 1. The number of aliphatic hydroxyl groups excluding tert-OH is 1. The van der Waals surface area contributed by atoms with Crippen LogP contribution in [0, 0.1) is 5.92 Å². The van der Waals surface area contributed by atoms with Gasteiger partial charge in [0.05, 0.1) is 30.9 Å². The number of aromatic nitrogens is 1. The minimum atomic E-state index is -0.463. The van der Waals surface area contributed by atoms with Gasteiger partial charge in [0.1, 0.15) is 5.82 Å². The number of nitrogens with one attached hydrogen (secondary N) is 1. The molecule has 8 heteroatoms. The molecule has 29 heavy (non-hydrogen) atoms. The number of amides is 1. The lowest BCUT2D eigenvalue weighted by Crippen LogP contribution is -2.49. The lowest BCUT2D eigenvalue weighted by Gasteiger charge is -2.36. The first-order valence-corrected chi connectivity index (χ1v) is 10.1. The molecule has 0 spiro atoms. The maximum atomic E-state index is 12.0. The average molecular weight is 402 g/mol. The van der Waals surface area contributed by atoms with Crippen LogP contribution in [0.4, 0.5) is 11.5 Å². The van der Waals surface area contributed by atoms with Crippen LogP contribution in [0.5, 0.6) is 0 Å². The summed E-state index contributed by atoms with van der Waals surface area (Å²) in [6.45, 7) is 9.27. The largest absolute Gasteiger partial charge is 0.459 e. The first-order chi connectivity index (χ1) is 14.0. The van der Waals surface area contributed by atoms with Crippen molar-refractivity contribution >= 4 is 17.4 Å². The number of pyridine rings is 1. The van der Waals surface area contributed by atoms with E-state index in [1.54, 1.807) is 18.3 Å². The molecule has 2 aromatic rings. The summed E-state index contributed by atoms with van der Waals surface area (Å²) >= 11 is 0. The number of furan rings is 1. The van der Waals surface area contributed by atoms with E-state index in [2.05, 4.69) is 33.9 Å². The van der Waals surface area contributed by atoms with Crippen LogP contribution in [0.15, 0.2) is 41.1 Å². The molecule has 1 atom stereocenters. The van der Waals surface area contributed by atoms with E-state index < -0.39 is 6.10 Å². The van der Waals surface area contributed by atoms with Crippen LogP contribution in [-0.4, -0.2) is 72.9 Å². The van der Waals surface area contributed by atoms with Crippen molar-refractivity contribution in [2.24, 2.45) is 5.92 Å². The summed E-state index contributed by atoms with van der Waals surface area (Å²) in [6, 6.07) is 7.03. The third-order valence-corrected chi connectivity index (χ3v) is 4.68. The number of hydrogen-bond donors (Lipinski definition) is 2. The highest BCUT2D eigenvalue weighted by atomic mass is 16.5. The summed E-state index contributed by atoms with van der Waals surface area (Å²) < 4.78 is 10.6. The van der Waals surface area contributed by atoms with Crippen molar-refractivity contribution in [3.63, 3.8) is 0 Å². The van der Waals surface area contributed by atoms with E-state index in [-0.39, 0.29) is 11.7 Å². The Labute approximate surface area is 171 Å². The van der Waals surface area contributed by atoms with E-state index >= 15 is 0 Å². The van der Waals surface area contributed by atoms with Crippen molar-refractivity contribution < 1.29 is 19.1 Å². The lowest BCUT2D eigenvalue weighted by atomic mass is 10.2. The third-order valence-electron chi connectivity index (χ3n) is 4.68. The molecule has 1 saturated heterocycles. The smallest absolute Gasteiger partial charge is 0.291 e. The number of β-amino-alcohol motifs (C(OH)–C–C–N with tert-alkyl or cyclic N) is 1. The number of rotatable bonds is 9. The second kappa shape index (κ2) is 10.4. The van der Waals surface area contributed by atoms with Crippen molar-refractivity contribution in [3.05, 3.63) is 42.5 Å². The summed E-state index contributed by atoms with van der Waals surface area (Å²) in [7, 11) is 0. The monoisotopic (exact) mass is 402 g/mol. The van der Waals surface area contributed by atoms with E-state index in [9.17, 15) is 9.90 Å². The van der Waals surface area contributed by atoms with E-state index in [4.69, 9.17) is 9.15 Å². The number of ether oxygens (including phenoxy) is 1. The van der Waals surface area contributed by atoms with Gasteiger partial charge in [0.15, 0.2) is 5.76 Å².